The zero-order valence-electron chi connectivity index (χ0n) is 15.5. The summed E-state index contributed by atoms with van der Waals surface area (Å²) < 4.78 is 5.12. The molecule has 1 amide bonds. The van der Waals surface area contributed by atoms with Crippen molar-refractivity contribution in [3.63, 3.8) is 0 Å². The maximum Gasteiger partial charge on any atom is 0.259 e. The number of aromatic amines is 1. The molecule has 27 heavy (non-hydrogen) atoms. The maximum atomic E-state index is 12.3. The molecule has 0 atom stereocenters. The minimum atomic E-state index is -0.352. The van der Waals surface area contributed by atoms with Crippen molar-refractivity contribution in [3.05, 3.63) is 56.4 Å². The number of fused-ring (bicyclic) bond motifs is 1. The van der Waals surface area contributed by atoms with Crippen molar-refractivity contribution in [2.24, 2.45) is 5.10 Å². The van der Waals surface area contributed by atoms with Crippen molar-refractivity contribution >= 4 is 33.2 Å². The molecule has 0 saturated heterocycles. The number of nitrogens with one attached hydrogen (secondary N) is 2. The first-order valence-electron chi connectivity index (χ1n) is 8.35. The molecule has 7 nitrogen and oxygen atoms in total. The Bertz CT molecular complexity index is 1080. The van der Waals surface area contributed by atoms with Gasteiger partial charge in [0.15, 0.2) is 0 Å². The predicted molar refractivity (Wildman–Crippen MR) is 107 cm³/mol. The summed E-state index contributed by atoms with van der Waals surface area (Å²) in [4.78, 5) is 33.2. The van der Waals surface area contributed by atoms with Gasteiger partial charge in [-0.05, 0) is 56.2 Å². The second-order valence-electron chi connectivity index (χ2n) is 6.11. The van der Waals surface area contributed by atoms with Gasteiger partial charge in [-0.15, -0.1) is 11.3 Å². The fourth-order valence-corrected chi connectivity index (χ4v) is 3.67. The Labute approximate surface area is 160 Å². The molecule has 0 aliphatic rings. The largest absolute Gasteiger partial charge is 0.497 e. The lowest BCUT2D eigenvalue weighted by Crippen LogP contribution is -2.24. The Morgan fingerprint density at radius 1 is 1.30 bits per heavy atom. The van der Waals surface area contributed by atoms with Crippen LogP contribution in [0.1, 0.15) is 28.8 Å². The molecule has 0 saturated carbocycles. The first kappa shape index (κ1) is 18.8. The molecule has 2 N–H and O–H groups in total. The van der Waals surface area contributed by atoms with Crippen LogP contribution < -0.4 is 15.7 Å². The highest BCUT2D eigenvalue weighted by Gasteiger charge is 2.13. The SMILES string of the molecule is COc1ccc(/C(C)=N/NC(=O)Cc2nc3sc(C)c(C)c3c(=O)[nH]2)cc1. The number of carbonyl (C=O) groups is 1. The molecule has 0 radical (unpaired) electrons. The fraction of sp³-hybridized carbons (Fsp3) is 0.263. The van der Waals surface area contributed by atoms with Gasteiger partial charge < -0.3 is 9.72 Å². The summed E-state index contributed by atoms with van der Waals surface area (Å²) in [6.45, 7) is 5.64. The van der Waals surface area contributed by atoms with Crippen LogP contribution in [0.4, 0.5) is 0 Å². The summed E-state index contributed by atoms with van der Waals surface area (Å²) in [5.41, 5.74) is 4.74. The van der Waals surface area contributed by atoms with Crippen LogP contribution in [0.15, 0.2) is 34.2 Å². The van der Waals surface area contributed by atoms with E-state index >= 15 is 0 Å². The van der Waals surface area contributed by atoms with E-state index in [1.165, 1.54) is 11.3 Å². The minimum absolute atomic E-state index is 0.0550. The van der Waals surface area contributed by atoms with Gasteiger partial charge in [0.1, 0.15) is 16.4 Å². The van der Waals surface area contributed by atoms with Gasteiger partial charge in [0.25, 0.3) is 5.56 Å². The minimum Gasteiger partial charge on any atom is -0.497 e. The lowest BCUT2D eigenvalue weighted by Gasteiger charge is -2.04. The van der Waals surface area contributed by atoms with E-state index in [1.54, 1.807) is 14.0 Å². The van der Waals surface area contributed by atoms with Gasteiger partial charge in [-0.3, -0.25) is 9.59 Å². The number of thiophene rings is 1. The Hall–Kier alpha value is -3.00. The molecule has 0 unspecified atom stereocenters. The zero-order valence-corrected chi connectivity index (χ0v) is 16.4. The number of hydrazone groups is 1. The lowest BCUT2D eigenvalue weighted by molar-refractivity contribution is -0.120. The highest BCUT2D eigenvalue weighted by molar-refractivity contribution is 7.18. The third kappa shape index (κ3) is 4.06. The third-order valence-electron chi connectivity index (χ3n) is 4.27. The molecule has 1 aromatic carbocycles. The topological polar surface area (TPSA) is 96.4 Å². The predicted octanol–water partition coefficient (Wildman–Crippen LogP) is 2.69. The summed E-state index contributed by atoms with van der Waals surface area (Å²) >= 11 is 1.45. The number of methoxy groups -OCH3 is 1. The summed E-state index contributed by atoms with van der Waals surface area (Å²) in [6.07, 6.45) is -0.0550. The molecule has 0 fully saturated rings. The van der Waals surface area contributed by atoms with E-state index in [0.29, 0.717) is 21.8 Å². The number of H-pyrrole nitrogens is 1. The number of rotatable bonds is 5. The molecule has 3 rings (SSSR count). The van der Waals surface area contributed by atoms with Gasteiger partial charge in [-0.1, -0.05) is 0 Å². The van der Waals surface area contributed by atoms with E-state index in [4.69, 9.17) is 4.74 Å². The van der Waals surface area contributed by atoms with E-state index in [-0.39, 0.29) is 17.9 Å². The van der Waals surface area contributed by atoms with Crippen molar-refractivity contribution in [1.82, 2.24) is 15.4 Å². The summed E-state index contributed by atoms with van der Waals surface area (Å²) in [6, 6.07) is 7.37. The van der Waals surface area contributed by atoms with E-state index in [2.05, 4.69) is 20.5 Å². The Morgan fingerprint density at radius 2 is 2.00 bits per heavy atom. The van der Waals surface area contributed by atoms with Crippen LogP contribution >= 0.6 is 11.3 Å². The van der Waals surface area contributed by atoms with Crippen LogP contribution in [0.2, 0.25) is 0 Å². The van der Waals surface area contributed by atoms with Crippen molar-refractivity contribution < 1.29 is 9.53 Å². The number of ether oxygens (including phenoxy) is 1. The molecular formula is C19H20N4O3S. The number of hydrogen-bond acceptors (Lipinski definition) is 6. The van der Waals surface area contributed by atoms with E-state index in [1.807, 2.05) is 38.1 Å². The molecule has 2 heterocycles. The third-order valence-corrected chi connectivity index (χ3v) is 5.37. The van der Waals surface area contributed by atoms with Gasteiger partial charge in [0, 0.05) is 4.88 Å². The summed E-state index contributed by atoms with van der Waals surface area (Å²) in [5.74, 6) is 0.721. The van der Waals surface area contributed by atoms with Crippen LogP contribution in [0.3, 0.4) is 0 Å². The zero-order chi connectivity index (χ0) is 19.6. The molecule has 2 aromatic heterocycles. The number of aryl methyl sites for hydroxylation is 2. The summed E-state index contributed by atoms with van der Waals surface area (Å²) in [5, 5.41) is 4.70. The number of nitrogens with zero attached hydrogens (tertiary/aromatic N) is 2. The fourth-order valence-electron chi connectivity index (χ4n) is 2.62. The molecule has 0 bridgehead atoms. The Morgan fingerprint density at radius 3 is 2.67 bits per heavy atom. The summed E-state index contributed by atoms with van der Waals surface area (Å²) in [7, 11) is 1.60. The van der Waals surface area contributed by atoms with Gasteiger partial charge in [-0.25, -0.2) is 10.4 Å². The monoisotopic (exact) mass is 384 g/mol. The second-order valence-corrected chi connectivity index (χ2v) is 7.32. The molecular weight excluding hydrogens is 364 g/mol. The second kappa shape index (κ2) is 7.71. The van der Waals surface area contributed by atoms with Crippen LogP contribution in [0, 0.1) is 13.8 Å². The average Bonchev–Trinajstić information content (AvgIpc) is 2.94. The smallest absolute Gasteiger partial charge is 0.259 e. The first-order valence-corrected chi connectivity index (χ1v) is 9.17. The van der Waals surface area contributed by atoms with Crippen molar-refractivity contribution in [2.45, 2.75) is 27.2 Å². The standard InChI is InChI=1S/C19H20N4O3S/c1-10-12(3)27-19-17(10)18(25)20-15(21-19)9-16(24)23-22-11(2)13-5-7-14(26-4)8-6-13/h5-8H,9H2,1-4H3,(H,23,24)(H,20,21,25)/b22-11+. The lowest BCUT2D eigenvalue weighted by atomic mass is 10.1. The highest BCUT2D eigenvalue weighted by atomic mass is 32.1. The highest BCUT2D eigenvalue weighted by Crippen LogP contribution is 2.25. The molecule has 140 valence electrons. The van der Waals surface area contributed by atoms with Gasteiger partial charge in [0.05, 0.1) is 24.6 Å². The van der Waals surface area contributed by atoms with Gasteiger partial charge in [-0.2, -0.15) is 5.10 Å². The maximum absolute atomic E-state index is 12.3. The number of aromatic nitrogens is 2. The van der Waals surface area contributed by atoms with Crippen LogP contribution in [-0.4, -0.2) is 28.7 Å². The Kier molecular flexibility index (Phi) is 5.36. The van der Waals surface area contributed by atoms with Gasteiger partial charge >= 0.3 is 0 Å². The van der Waals surface area contributed by atoms with Crippen LogP contribution in [0.5, 0.6) is 5.75 Å². The average molecular weight is 384 g/mol. The number of benzene rings is 1. The van der Waals surface area contributed by atoms with E-state index in [9.17, 15) is 9.59 Å². The van der Waals surface area contributed by atoms with E-state index in [0.717, 1.165) is 21.8 Å². The number of amides is 1. The molecule has 0 aliphatic carbocycles. The molecule has 0 spiro atoms. The quantitative estimate of drug-likeness (QED) is 0.522. The molecule has 0 aliphatic heterocycles. The molecule has 3 aromatic rings. The number of hydrogen-bond donors (Lipinski definition) is 2. The van der Waals surface area contributed by atoms with Gasteiger partial charge in [0.2, 0.25) is 5.91 Å². The number of carbonyl (C=O) groups excluding carboxylic acids is 1. The normalized spacial score (nSPS) is 11.6. The first-order chi connectivity index (χ1) is 12.9. The van der Waals surface area contributed by atoms with Crippen molar-refractivity contribution in [2.75, 3.05) is 7.11 Å². The van der Waals surface area contributed by atoms with E-state index < -0.39 is 0 Å². The van der Waals surface area contributed by atoms with Crippen molar-refractivity contribution in [3.8, 4) is 5.75 Å². The molecule has 8 heteroatoms. The van der Waals surface area contributed by atoms with Crippen molar-refractivity contribution in [1.29, 1.82) is 0 Å². The van der Waals surface area contributed by atoms with Crippen LogP contribution in [-0.2, 0) is 11.2 Å². The van der Waals surface area contributed by atoms with Crippen LogP contribution in [0.25, 0.3) is 10.2 Å². The Balaban J connectivity index is 1.71.